The maximum Gasteiger partial charge on any atom is 0.321 e. The maximum atomic E-state index is 12.0. The van der Waals surface area contributed by atoms with Gasteiger partial charge in [0.15, 0.2) is 0 Å². The maximum absolute atomic E-state index is 12.0. The lowest BCUT2D eigenvalue weighted by Gasteiger charge is -2.14. The Morgan fingerprint density at radius 1 is 1.12 bits per heavy atom. The van der Waals surface area contributed by atoms with Crippen LogP contribution in [0.25, 0.3) is 0 Å². The number of carbonyl (C=O) groups is 2. The normalized spacial score (nSPS) is 11.9. The Balaban J connectivity index is 2.37. The van der Waals surface area contributed by atoms with Crippen LogP contribution in [0, 0.1) is 0 Å². The fourth-order valence-corrected chi connectivity index (χ4v) is 2.37. The van der Waals surface area contributed by atoms with Gasteiger partial charge in [-0.05, 0) is 50.0 Å². The number of aliphatic carboxylic acids is 1. The van der Waals surface area contributed by atoms with Crippen molar-refractivity contribution in [1.82, 2.24) is 5.32 Å². The molecule has 1 rings (SSSR count). The SMILES string of the molecule is CCc1ccc(NC(=O)C[C@H](NCCCCCCN)C(=O)O)cc1. The first-order valence-electron chi connectivity index (χ1n) is 8.61. The van der Waals surface area contributed by atoms with Crippen LogP contribution in [0.4, 0.5) is 5.69 Å². The van der Waals surface area contributed by atoms with Gasteiger partial charge in [0.2, 0.25) is 5.91 Å². The fourth-order valence-electron chi connectivity index (χ4n) is 2.37. The molecule has 0 unspecified atom stereocenters. The first-order valence-corrected chi connectivity index (χ1v) is 8.61. The number of benzene rings is 1. The number of hydrogen-bond donors (Lipinski definition) is 4. The molecular weight excluding hydrogens is 306 g/mol. The summed E-state index contributed by atoms with van der Waals surface area (Å²) in [6.45, 7) is 3.33. The van der Waals surface area contributed by atoms with Gasteiger partial charge in [-0.2, -0.15) is 0 Å². The molecule has 0 heterocycles. The van der Waals surface area contributed by atoms with Crippen molar-refractivity contribution in [3.05, 3.63) is 29.8 Å². The van der Waals surface area contributed by atoms with E-state index in [1.165, 1.54) is 5.56 Å². The Morgan fingerprint density at radius 3 is 2.38 bits per heavy atom. The lowest BCUT2D eigenvalue weighted by molar-refractivity contribution is -0.141. The highest BCUT2D eigenvalue weighted by molar-refractivity contribution is 5.94. The van der Waals surface area contributed by atoms with E-state index in [1.54, 1.807) is 0 Å². The number of carbonyl (C=O) groups excluding carboxylic acids is 1. The molecule has 6 nitrogen and oxygen atoms in total. The second-order valence-electron chi connectivity index (χ2n) is 5.85. The van der Waals surface area contributed by atoms with E-state index in [4.69, 9.17) is 5.73 Å². The zero-order valence-corrected chi connectivity index (χ0v) is 14.4. The van der Waals surface area contributed by atoms with Crippen molar-refractivity contribution < 1.29 is 14.7 Å². The molecular formula is C18H29N3O3. The first kappa shape index (κ1) is 20.1. The molecule has 1 aromatic rings. The molecule has 0 saturated heterocycles. The topological polar surface area (TPSA) is 104 Å². The second kappa shape index (κ2) is 11.6. The van der Waals surface area contributed by atoms with Crippen LogP contribution in [-0.2, 0) is 16.0 Å². The van der Waals surface area contributed by atoms with Gasteiger partial charge in [-0.1, -0.05) is 31.9 Å². The van der Waals surface area contributed by atoms with Gasteiger partial charge in [-0.3, -0.25) is 9.59 Å². The van der Waals surface area contributed by atoms with Crippen LogP contribution >= 0.6 is 0 Å². The van der Waals surface area contributed by atoms with E-state index in [2.05, 4.69) is 17.6 Å². The minimum Gasteiger partial charge on any atom is -0.480 e. The summed E-state index contributed by atoms with van der Waals surface area (Å²) in [5.74, 6) is -1.31. The Labute approximate surface area is 143 Å². The summed E-state index contributed by atoms with van der Waals surface area (Å²) in [5, 5.41) is 14.9. The summed E-state index contributed by atoms with van der Waals surface area (Å²) >= 11 is 0. The molecule has 5 N–H and O–H groups in total. The molecule has 0 aromatic heterocycles. The Hall–Kier alpha value is -1.92. The van der Waals surface area contributed by atoms with Crippen LogP contribution in [0.5, 0.6) is 0 Å². The third-order valence-electron chi connectivity index (χ3n) is 3.86. The number of nitrogens with one attached hydrogen (secondary N) is 2. The van der Waals surface area contributed by atoms with E-state index < -0.39 is 12.0 Å². The summed E-state index contributed by atoms with van der Waals surface area (Å²) < 4.78 is 0. The molecule has 1 atom stereocenters. The number of hydrogen-bond acceptors (Lipinski definition) is 4. The van der Waals surface area contributed by atoms with Crippen LogP contribution < -0.4 is 16.4 Å². The average Bonchev–Trinajstić information content (AvgIpc) is 2.57. The third kappa shape index (κ3) is 8.08. The largest absolute Gasteiger partial charge is 0.480 e. The fraction of sp³-hybridized carbons (Fsp3) is 0.556. The van der Waals surface area contributed by atoms with Crippen molar-refractivity contribution in [1.29, 1.82) is 0 Å². The van der Waals surface area contributed by atoms with Gasteiger partial charge in [0, 0.05) is 5.69 Å². The van der Waals surface area contributed by atoms with Crippen molar-refractivity contribution in [2.75, 3.05) is 18.4 Å². The third-order valence-corrected chi connectivity index (χ3v) is 3.86. The van der Waals surface area contributed by atoms with Crippen LogP contribution in [0.1, 0.15) is 44.6 Å². The van der Waals surface area contributed by atoms with E-state index in [1.807, 2.05) is 24.3 Å². The van der Waals surface area contributed by atoms with E-state index in [0.29, 0.717) is 18.8 Å². The molecule has 24 heavy (non-hydrogen) atoms. The second-order valence-corrected chi connectivity index (χ2v) is 5.85. The lowest BCUT2D eigenvalue weighted by Crippen LogP contribution is -2.40. The first-order chi connectivity index (χ1) is 11.6. The highest BCUT2D eigenvalue weighted by Gasteiger charge is 2.20. The molecule has 0 radical (unpaired) electrons. The number of anilines is 1. The summed E-state index contributed by atoms with van der Waals surface area (Å²) in [4.78, 5) is 23.3. The molecule has 1 amide bonds. The smallest absolute Gasteiger partial charge is 0.321 e. The van der Waals surface area contributed by atoms with Gasteiger partial charge in [0.25, 0.3) is 0 Å². The number of carboxylic acids is 1. The molecule has 0 aliphatic rings. The van der Waals surface area contributed by atoms with Gasteiger partial charge in [0.1, 0.15) is 6.04 Å². The number of amides is 1. The molecule has 0 bridgehead atoms. The lowest BCUT2D eigenvalue weighted by atomic mass is 10.1. The Kier molecular flexibility index (Phi) is 9.72. The summed E-state index contributed by atoms with van der Waals surface area (Å²) in [6.07, 6.45) is 4.76. The summed E-state index contributed by atoms with van der Waals surface area (Å²) in [7, 11) is 0. The summed E-state index contributed by atoms with van der Waals surface area (Å²) in [6, 6.07) is 6.69. The van der Waals surface area contributed by atoms with Gasteiger partial charge in [-0.15, -0.1) is 0 Å². The quantitative estimate of drug-likeness (QED) is 0.438. The van der Waals surface area contributed by atoms with Crippen molar-refractivity contribution in [3.8, 4) is 0 Å². The summed E-state index contributed by atoms with van der Waals surface area (Å²) in [5.41, 5.74) is 7.30. The Bertz CT molecular complexity index is 503. The molecule has 134 valence electrons. The number of rotatable bonds is 12. The van der Waals surface area contributed by atoms with Crippen molar-refractivity contribution in [3.63, 3.8) is 0 Å². The standard InChI is InChI=1S/C18H29N3O3/c1-2-14-7-9-15(10-8-14)21-17(22)13-16(18(23)24)20-12-6-4-3-5-11-19/h7-10,16,20H,2-6,11-13,19H2,1H3,(H,21,22)(H,23,24)/t16-/m0/s1. The average molecular weight is 335 g/mol. The van der Waals surface area contributed by atoms with Crippen molar-refractivity contribution in [2.45, 2.75) is 51.5 Å². The highest BCUT2D eigenvalue weighted by Crippen LogP contribution is 2.10. The van der Waals surface area contributed by atoms with Gasteiger partial charge < -0.3 is 21.5 Å². The Morgan fingerprint density at radius 2 is 1.79 bits per heavy atom. The minimum absolute atomic E-state index is 0.0896. The predicted molar refractivity (Wildman–Crippen MR) is 96.0 cm³/mol. The van der Waals surface area contributed by atoms with Crippen LogP contribution in [0.2, 0.25) is 0 Å². The molecule has 0 spiro atoms. The molecule has 0 aliphatic carbocycles. The number of unbranched alkanes of at least 4 members (excludes halogenated alkanes) is 3. The molecule has 0 saturated carbocycles. The predicted octanol–water partition coefficient (Wildman–Crippen LogP) is 2.14. The van der Waals surface area contributed by atoms with Crippen LogP contribution in [0.15, 0.2) is 24.3 Å². The van der Waals surface area contributed by atoms with Gasteiger partial charge in [0.05, 0.1) is 6.42 Å². The molecule has 0 aliphatic heterocycles. The van der Waals surface area contributed by atoms with E-state index in [-0.39, 0.29) is 12.3 Å². The van der Waals surface area contributed by atoms with E-state index in [9.17, 15) is 14.7 Å². The monoisotopic (exact) mass is 335 g/mol. The number of carboxylic acid groups (broad SMARTS) is 1. The van der Waals surface area contributed by atoms with Crippen LogP contribution in [-0.4, -0.2) is 36.1 Å². The van der Waals surface area contributed by atoms with Gasteiger partial charge >= 0.3 is 5.97 Å². The van der Waals surface area contributed by atoms with E-state index >= 15 is 0 Å². The molecule has 0 fully saturated rings. The zero-order valence-electron chi connectivity index (χ0n) is 14.4. The van der Waals surface area contributed by atoms with E-state index in [0.717, 1.165) is 32.1 Å². The molecule has 6 heteroatoms. The number of nitrogens with two attached hydrogens (primary N) is 1. The zero-order chi connectivity index (χ0) is 17.8. The van der Waals surface area contributed by atoms with Crippen molar-refractivity contribution in [2.24, 2.45) is 5.73 Å². The van der Waals surface area contributed by atoms with Crippen LogP contribution in [0.3, 0.4) is 0 Å². The highest BCUT2D eigenvalue weighted by atomic mass is 16.4. The van der Waals surface area contributed by atoms with Crippen molar-refractivity contribution >= 4 is 17.6 Å². The molecule has 1 aromatic carbocycles. The number of aryl methyl sites for hydroxylation is 1. The van der Waals surface area contributed by atoms with Gasteiger partial charge in [-0.25, -0.2) is 0 Å². The minimum atomic E-state index is -1.01.